The largest absolute Gasteiger partial charge is 0.378 e. The van der Waals surface area contributed by atoms with E-state index in [0.717, 1.165) is 26.0 Å². The van der Waals surface area contributed by atoms with Gasteiger partial charge in [-0.25, -0.2) is 0 Å². The molecule has 2 atom stereocenters. The van der Waals surface area contributed by atoms with Crippen molar-refractivity contribution in [2.75, 3.05) is 19.8 Å². The Hall–Kier alpha value is -0.150. The summed E-state index contributed by atoms with van der Waals surface area (Å²) in [6.07, 6.45) is 3.12. The number of nitrogens with one attached hydrogen (secondary N) is 1. The zero-order valence-corrected chi connectivity index (χ0v) is 7.68. The van der Waals surface area contributed by atoms with E-state index in [2.05, 4.69) is 12.2 Å². The van der Waals surface area contributed by atoms with Crippen molar-refractivity contribution in [3.63, 3.8) is 0 Å². The van der Waals surface area contributed by atoms with E-state index in [4.69, 9.17) is 4.74 Å². The van der Waals surface area contributed by atoms with Crippen molar-refractivity contribution in [2.24, 2.45) is 0 Å². The summed E-state index contributed by atoms with van der Waals surface area (Å²) in [6, 6.07) is 0.542. The number of hydrogen-bond acceptors (Lipinski definition) is 2. The highest BCUT2D eigenvalue weighted by Gasteiger charge is 2.17. The van der Waals surface area contributed by atoms with Gasteiger partial charge in [0.25, 0.3) is 0 Å². The fourth-order valence-electron chi connectivity index (χ4n) is 1.56. The second kappa shape index (κ2) is 5.49. The van der Waals surface area contributed by atoms with E-state index in [1.807, 2.05) is 0 Å². The predicted molar refractivity (Wildman–Crippen MR) is 47.0 cm³/mol. The zero-order chi connectivity index (χ0) is 8.81. The molecule has 1 rings (SSSR count). The van der Waals surface area contributed by atoms with Crippen LogP contribution in [0.15, 0.2) is 0 Å². The van der Waals surface area contributed by atoms with Crippen LogP contribution in [0, 0.1) is 0 Å². The van der Waals surface area contributed by atoms with Gasteiger partial charge in [-0.15, -0.1) is 0 Å². The molecule has 0 spiro atoms. The van der Waals surface area contributed by atoms with Crippen LogP contribution in [-0.2, 0) is 4.74 Å². The molecule has 1 saturated heterocycles. The Morgan fingerprint density at radius 3 is 3.08 bits per heavy atom. The van der Waals surface area contributed by atoms with Gasteiger partial charge in [0.1, 0.15) is 0 Å². The lowest BCUT2D eigenvalue weighted by molar-refractivity contribution is 0.0133. The Labute approximate surface area is 73.5 Å². The maximum absolute atomic E-state index is 11.8. The predicted octanol–water partition coefficient (Wildman–Crippen LogP) is 1.50. The van der Waals surface area contributed by atoms with Gasteiger partial charge in [-0.1, -0.05) is 0 Å². The van der Waals surface area contributed by atoms with Crippen molar-refractivity contribution in [1.29, 1.82) is 0 Å². The molecule has 12 heavy (non-hydrogen) atoms. The Morgan fingerprint density at radius 2 is 2.42 bits per heavy atom. The SMILES string of the molecule is CC1CC(NCCCF)CCO1. The lowest BCUT2D eigenvalue weighted by Gasteiger charge is -2.27. The van der Waals surface area contributed by atoms with Gasteiger partial charge in [-0.2, -0.15) is 0 Å². The van der Waals surface area contributed by atoms with Crippen LogP contribution in [0.5, 0.6) is 0 Å². The van der Waals surface area contributed by atoms with Crippen LogP contribution in [0.2, 0.25) is 0 Å². The summed E-state index contributed by atoms with van der Waals surface area (Å²) in [6.45, 7) is 3.51. The maximum atomic E-state index is 11.8. The van der Waals surface area contributed by atoms with Gasteiger partial charge in [-0.3, -0.25) is 4.39 Å². The van der Waals surface area contributed by atoms with Gasteiger partial charge < -0.3 is 10.1 Å². The molecule has 1 N–H and O–H groups in total. The summed E-state index contributed by atoms with van der Waals surface area (Å²) in [4.78, 5) is 0. The van der Waals surface area contributed by atoms with E-state index in [1.165, 1.54) is 0 Å². The van der Waals surface area contributed by atoms with Gasteiger partial charge in [-0.05, 0) is 32.7 Å². The monoisotopic (exact) mass is 175 g/mol. The zero-order valence-electron chi connectivity index (χ0n) is 7.68. The molecule has 3 heteroatoms. The average molecular weight is 175 g/mol. The highest BCUT2D eigenvalue weighted by Crippen LogP contribution is 2.12. The highest BCUT2D eigenvalue weighted by atomic mass is 19.1. The van der Waals surface area contributed by atoms with E-state index in [-0.39, 0.29) is 6.67 Å². The molecule has 0 radical (unpaired) electrons. The Bertz CT molecular complexity index is 121. The molecule has 0 aromatic heterocycles. The molecule has 0 aromatic rings. The summed E-state index contributed by atoms with van der Waals surface area (Å²) in [5.41, 5.74) is 0. The van der Waals surface area contributed by atoms with Crippen LogP contribution in [0.3, 0.4) is 0 Å². The van der Waals surface area contributed by atoms with E-state index in [9.17, 15) is 4.39 Å². The van der Waals surface area contributed by atoms with E-state index >= 15 is 0 Å². The summed E-state index contributed by atoms with van der Waals surface area (Å²) in [5, 5.41) is 3.33. The van der Waals surface area contributed by atoms with Crippen LogP contribution in [-0.4, -0.2) is 32.0 Å². The van der Waals surface area contributed by atoms with Crippen molar-refractivity contribution < 1.29 is 9.13 Å². The molecular weight excluding hydrogens is 157 g/mol. The van der Waals surface area contributed by atoms with Crippen molar-refractivity contribution in [2.45, 2.75) is 38.3 Å². The minimum atomic E-state index is -0.216. The smallest absolute Gasteiger partial charge is 0.0906 e. The standard InChI is InChI=1S/C9H18FNO/c1-8-7-9(3-6-12-8)11-5-2-4-10/h8-9,11H,2-7H2,1H3. The molecule has 2 unspecified atom stereocenters. The van der Waals surface area contributed by atoms with Crippen molar-refractivity contribution >= 4 is 0 Å². The number of hydrogen-bond donors (Lipinski definition) is 1. The first-order valence-corrected chi connectivity index (χ1v) is 4.74. The second-order valence-corrected chi connectivity index (χ2v) is 3.40. The van der Waals surface area contributed by atoms with Crippen LogP contribution < -0.4 is 5.32 Å². The van der Waals surface area contributed by atoms with E-state index in [1.54, 1.807) is 0 Å². The molecule has 0 amide bonds. The van der Waals surface area contributed by atoms with Crippen LogP contribution in [0.4, 0.5) is 4.39 Å². The third-order valence-corrected chi connectivity index (χ3v) is 2.23. The van der Waals surface area contributed by atoms with Gasteiger partial charge >= 0.3 is 0 Å². The third-order valence-electron chi connectivity index (χ3n) is 2.23. The number of rotatable bonds is 4. The van der Waals surface area contributed by atoms with Crippen molar-refractivity contribution in [3.8, 4) is 0 Å². The average Bonchev–Trinajstić information content (AvgIpc) is 2.05. The molecule has 0 aromatic carbocycles. The Kier molecular flexibility index (Phi) is 4.54. The Balaban J connectivity index is 2.06. The molecule has 1 fully saturated rings. The van der Waals surface area contributed by atoms with Crippen molar-refractivity contribution in [3.05, 3.63) is 0 Å². The second-order valence-electron chi connectivity index (χ2n) is 3.40. The first-order chi connectivity index (χ1) is 5.83. The number of halogens is 1. The summed E-state index contributed by atoms with van der Waals surface area (Å²) in [5.74, 6) is 0. The van der Waals surface area contributed by atoms with E-state index in [0.29, 0.717) is 18.6 Å². The minimum Gasteiger partial charge on any atom is -0.378 e. The van der Waals surface area contributed by atoms with Gasteiger partial charge in [0.05, 0.1) is 12.8 Å². The quantitative estimate of drug-likeness (QED) is 0.654. The molecular formula is C9H18FNO. The first kappa shape index (κ1) is 9.93. The van der Waals surface area contributed by atoms with Crippen LogP contribution >= 0.6 is 0 Å². The third kappa shape index (κ3) is 3.50. The summed E-state index contributed by atoms with van der Waals surface area (Å²) in [7, 11) is 0. The van der Waals surface area contributed by atoms with Crippen molar-refractivity contribution in [1.82, 2.24) is 5.32 Å². The minimum absolute atomic E-state index is 0.216. The fourth-order valence-corrected chi connectivity index (χ4v) is 1.56. The highest BCUT2D eigenvalue weighted by molar-refractivity contribution is 4.74. The molecule has 0 saturated carbocycles. The number of alkyl halides is 1. The number of ether oxygens (including phenoxy) is 1. The maximum Gasteiger partial charge on any atom is 0.0906 e. The first-order valence-electron chi connectivity index (χ1n) is 4.74. The lowest BCUT2D eigenvalue weighted by atomic mass is 10.0. The molecule has 1 aliphatic heterocycles. The van der Waals surface area contributed by atoms with Gasteiger partial charge in [0.15, 0.2) is 0 Å². The van der Waals surface area contributed by atoms with Gasteiger partial charge in [0, 0.05) is 12.6 Å². The molecule has 1 aliphatic rings. The molecule has 0 aliphatic carbocycles. The topological polar surface area (TPSA) is 21.3 Å². The summed E-state index contributed by atoms with van der Waals surface area (Å²) < 4.78 is 17.2. The Morgan fingerprint density at radius 1 is 1.58 bits per heavy atom. The van der Waals surface area contributed by atoms with Gasteiger partial charge in [0.2, 0.25) is 0 Å². The molecule has 1 heterocycles. The van der Waals surface area contributed by atoms with Crippen LogP contribution in [0.25, 0.3) is 0 Å². The molecule has 0 bridgehead atoms. The fraction of sp³-hybridized carbons (Fsp3) is 1.00. The summed E-state index contributed by atoms with van der Waals surface area (Å²) >= 11 is 0. The molecule has 2 nitrogen and oxygen atoms in total. The normalized spacial score (nSPS) is 30.5. The van der Waals surface area contributed by atoms with E-state index < -0.39 is 0 Å². The molecule has 72 valence electrons. The lowest BCUT2D eigenvalue weighted by Crippen LogP contribution is -2.38. The van der Waals surface area contributed by atoms with Crippen LogP contribution in [0.1, 0.15) is 26.2 Å².